The second kappa shape index (κ2) is 5.84. The van der Waals surface area contributed by atoms with Crippen molar-refractivity contribution >= 4 is 17.3 Å². The van der Waals surface area contributed by atoms with Gasteiger partial charge in [-0.05, 0) is 46.9 Å². The van der Waals surface area contributed by atoms with Crippen molar-refractivity contribution in [3.8, 4) is 0 Å². The predicted molar refractivity (Wildman–Crippen MR) is 83.9 cm³/mol. The van der Waals surface area contributed by atoms with Crippen molar-refractivity contribution in [2.75, 3.05) is 5.32 Å². The lowest BCUT2D eigenvalue weighted by Crippen LogP contribution is -2.10. The van der Waals surface area contributed by atoms with Gasteiger partial charge in [0, 0.05) is 17.3 Å². The Morgan fingerprint density at radius 1 is 1.05 bits per heavy atom. The molecule has 1 nitrogen and oxygen atoms in total. The molecule has 2 rings (SSSR count). The molecule has 0 aliphatic rings. The summed E-state index contributed by atoms with van der Waals surface area (Å²) in [6.45, 7) is 7.10. The van der Waals surface area contributed by atoms with Gasteiger partial charge in [-0.2, -0.15) is 0 Å². The van der Waals surface area contributed by atoms with Crippen LogP contribution in [0.25, 0.3) is 0 Å². The molecule has 0 spiro atoms. The van der Waals surface area contributed by atoms with Crippen LogP contribution >= 0.6 is 11.6 Å². The summed E-state index contributed by atoms with van der Waals surface area (Å²) in [7, 11) is 0. The van der Waals surface area contributed by atoms with Crippen molar-refractivity contribution in [2.24, 2.45) is 0 Å². The highest BCUT2D eigenvalue weighted by molar-refractivity contribution is 6.30. The first-order valence-electron chi connectivity index (χ1n) is 6.64. The fraction of sp³-hybridized carbons (Fsp3) is 0.294. The summed E-state index contributed by atoms with van der Waals surface area (Å²) < 4.78 is 13.2. The molecule has 0 saturated carbocycles. The van der Waals surface area contributed by atoms with Gasteiger partial charge in [0.15, 0.2) is 0 Å². The number of benzene rings is 2. The van der Waals surface area contributed by atoms with Crippen LogP contribution in [0.5, 0.6) is 0 Å². The maximum atomic E-state index is 13.2. The third-order valence-corrected chi connectivity index (χ3v) is 3.39. The maximum absolute atomic E-state index is 13.2. The van der Waals surface area contributed by atoms with Crippen molar-refractivity contribution < 1.29 is 4.39 Å². The Kier molecular flexibility index (Phi) is 4.34. The normalized spacial score (nSPS) is 11.4. The Morgan fingerprint density at radius 3 is 2.25 bits per heavy atom. The topological polar surface area (TPSA) is 12.0 Å². The monoisotopic (exact) mass is 291 g/mol. The SMILES string of the molecule is CC(C)(C)c1ccc(NCc2cc(F)cc(Cl)c2)cc1. The quantitative estimate of drug-likeness (QED) is 0.799. The minimum Gasteiger partial charge on any atom is -0.381 e. The highest BCUT2D eigenvalue weighted by Gasteiger charge is 2.12. The molecule has 0 amide bonds. The van der Waals surface area contributed by atoms with Gasteiger partial charge in [-0.15, -0.1) is 0 Å². The fourth-order valence-electron chi connectivity index (χ4n) is 2.01. The summed E-state index contributed by atoms with van der Waals surface area (Å²) in [5, 5.41) is 3.69. The van der Waals surface area contributed by atoms with Crippen LogP contribution in [0.1, 0.15) is 31.9 Å². The summed E-state index contributed by atoms with van der Waals surface area (Å²) in [6.07, 6.45) is 0. The molecular formula is C17H19ClFN. The standard InChI is InChI=1S/C17H19ClFN/c1-17(2,3)13-4-6-16(7-5-13)20-11-12-8-14(18)10-15(19)9-12/h4-10,20H,11H2,1-3H3. The minimum atomic E-state index is -0.308. The van der Waals surface area contributed by atoms with Crippen LogP contribution in [-0.4, -0.2) is 0 Å². The number of halogens is 2. The largest absolute Gasteiger partial charge is 0.381 e. The van der Waals surface area contributed by atoms with Gasteiger partial charge in [0.2, 0.25) is 0 Å². The molecular weight excluding hydrogens is 273 g/mol. The highest BCUT2D eigenvalue weighted by Crippen LogP contribution is 2.23. The molecule has 0 aromatic heterocycles. The molecule has 2 aromatic rings. The number of nitrogens with one attached hydrogen (secondary N) is 1. The average molecular weight is 292 g/mol. The zero-order valence-electron chi connectivity index (χ0n) is 12.0. The van der Waals surface area contributed by atoms with Crippen molar-refractivity contribution in [1.29, 1.82) is 0 Å². The summed E-state index contributed by atoms with van der Waals surface area (Å²) >= 11 is 5.84. The van der Waals surface area contributed by atoms with Gasteiger partial charge in [0.25, 0.3) is 0 Å². The van der Waals surface area contributed by atoms with Crippen LogP contribution in [0.3, 0.4) is 0 Å². The number of anilines is 1. The van der Waals surface area contributed by atoms with E-state index in [-0.39, 0.29) is 11.2 Å². The molecule has 0 bridgehead atoms. The van der Waals surface area contributed by atoms with E-state index in [1.54, 1.807) is 6.07 Å². The van der Waals surface area contributed by atoms with Crippen LogP contribution in [0, 0.1) is 5.82 Å². The molecule has 106 valence electrons. The molecule has 0 saturated heterocycles. The number of hydrogen-bond acceptors (Lipinski definition) is 1. The lowest BCUT2D eigenvalue weighted by Gasteiger charge is -2.19. The van der Waals surface area contributed by atoms with Gasteiger partial charge >= 0.3 is 0 Å². The molecule has 0 radical (unpaired) electrons. The van der Waals surface area contributed by atoms with E-state index in [4.69, 9.17) is 11.6 Å². The van der Waals surface area contributed by atoms with Gasteiger partial charge in [0.05, 0.1) is 0 Å². The summed E-state index contributed by atoms with van der Waals surface area (Å²) in [5.41, 5.74) is 3.28. The molecule has 20 heavy (non-hydrogen) atoms. The molecule has 0 atom stereocenters. The number of rotatable bonds is 3. The second-order valence-electron chi connectivity index (χ2n) is 5.96. The van der Waals surface area contributed by atoms with Gasteiger partial charge in [-0.25, -0.2) is 4.39 Å². The molecule has 0 aliphatic heterocycles. The van der Waals surface area contributed by atoms with E-state index in [1.807, 2.05) is 12.1 Å². The first-order chi connectivity index (χ1) is 9.34. The van der Waals surface area contributed by atoms with Crippen molar-refractivity contribution in [3.63, 3.8) is 0 Å². The van der Waals surface area contributed by atoms with Crippen molar-refractivity contribution in [1.82, 2.24) is 0 Å². The molecule has 3 heteroatoms. The van der Waals surface area contributed by atoms with E-state index in [9.17, 15) is 4.39 Å². The third-order valence-electron chi connectivity index (χ3n) is 3.17. The van der Waals surface area contributed by atoms with E-state index in [0.29, 0.717) is 11.6 Å². The molecule has 0 unspecified atom stereocenters. The zero-order valence-corrected chi connectivity index (χ0v) is 12.8. The van der Waals surface area contributed by atoms with Crippen molar-refractivity contribution in [3.05, 3.63) is 64.4 Å². The fourth-order valence-corrected chi connectivity index (χ4v) is 2.25. The highest BCUT2D eigenvalue weighted by atomic mass is 35.5. The molecule has 0 aliphatic carbocycles. The first kappa shape index (κ1) is 14.9. The Balaban J connectivity index is 2.04. The Bertz CT molecular complexity index is 565. The predicted octanol–water partition coefficient (Wildman–Crippen LogP) is 5.39. The smallest absolute Gasteiger partial charge is 0.125 e. The summed E-state index contributed by atoms with van der Waals surface area (Å²) in [4.78, 5) is 0. The van der Waals surface area contributed by atoms with Crippen LogP contribution in [-0.2, 0) is 12.0 Å². The van der Waals surface area contributed by atoms with Crippen LogP contribution in [0.4, 0.5) is 10.1 Å². The summed E-state index contributed by atoms with van der Waals surface area (Å²) in [5.74, 6) is -0.308. The van der Waals surface area contributed by atoms with E-state index in [1.165, 1.54) is 17.7 Å². The zero-order chi connectivity index (χ0) is 14.8. The first-order valence-corrected chi connectivity index (χ1v) is 7.02. The third kappa shape index (κ3) is 3.97. The minimum absolute atomic E-state index is 0.147. The molecule has 1 N–H and O–H groups in total. The Labute approximate surface area is 124 Å². The van der Waals surface area contributed by atoms with E-state index in [0.717, 1.165) is 11.3 Å². The Morgan fingerprint density at radius 2 is 1.70 bits per heavy atom. The van der Waals surface area contributed by atoms with Crippen LogP contribution in [0.15, 0.2) is 42.5 Å². The van der Waals surface area contributed by atoms with Gasteiger partial charge < -0.3 is 5.32 Å². The van der Waals surface area contributed by atoms with Gasteiger partial charge in [-0.1, -0.05) is 44.5 Å². The summed E-state index contributed by atoms with van der Waals surface area (Å²) in [6, 6.07) is 12.9. The van der Waals surface area contributed by atoms with Gasteiger partial charge in [-0.3, -0.25) is 0 Å². The Hall–Kier alpha value is -1.54. The molecule has 0 heterocycles. The second-order valence-corrected chi connectivity index (χ2v) is 6.40. The van der Waals surface area contributed by atoms with E-state index < -0.39 is 0 Å². The average Bonchev–Trinajstić information content (AvgIpc) is 2.35. The molecule has 2 aromatic carbocycles. The lowest BCUT2D eigenvalue weighted by molar-refractivity contribution is 0.590. The lowest BCUT2D eigenvalue weighted by atomic mass is 9.87. The van der Waals surface area contributed by atoms with Crippen LogP contribution in [0.2, 0.25) is 5.02 Å². The maximum Gasteiger partial charge on any atom is 0.125 e. The van der Waals surface area contributed by atoms with Crippen LogP contribution < -0.4 is 5.32 Å². The van der Waals surface area contributed by atoms with Gasteiger partial charge in [0.1, 0.15) is 5.82 Å². The van der Waals surface area contributed by atoms with Crippen molar-refractivity contribution in [2.45, 2.75) is 32.7 Å². The van der Waals surface area contributed by atoms with E-state index in [2.05, 4.69) is 38.2 Å². The van der Waals surface area contributed by atoms with E-state index >= 15 is 0 Å². The molecule has 0 fully saturated rings. The number of hydrogen-bond donors (Lipinski definition) is 1.